The maximum Gasteiger partial charge on any atom is 0.119 e. The Kier molecular flexibility index (Phi) is 7.23. The lowest BCUT2D eigenvalue weighted by Crippen LogP contribution is -2.21. The van der Waals surface area contributed by atoms with Crippen LogP contribution in [0.25, 0.3) is 0 Å². The zero-order chi connectivity index (χ0) is 19.8. The molecule has 2 N–H and O–H groups in total. The fraction of sp³-hybridized carbons (Fsp3) is 0.348. The zero-order valence-electron chi connectivity index (χ0n) is 16.2. The van der Waals surface area contributed by atoms with E-state index in [-0.39, 0.29) is 12.6 Å². The number of aliphatic hydroxyl groups excluding tert-OH is 2. The van der Waals surface area contributed by atoms with Crippen LogP contribution in [0.3, 0.4) is 0 Å². The summed E-state index contributed by atoms with van der Waals surface area (Å²) in [7, 11) is 0. The van der Waals surface area contributed by atoms with Gasteiger partial charge in [0.25, 0.3) is 0 Å². The standard InChI is InChI=1S/C23H28N2O3/c1-2-20(25-13-12-24-23(25)15-21(27)16-26)14-18-8-10-22(11-9-18)28-17-19-6-4-3-5-7-19/h3-13,20-21,26-27H,2,14-17H2,1H3. The first kappa shape index (κ1) is 20.1. The second-order valence-electron chi connectivity index (χ2n) is 6.98. The minimum Gasteiger partial charge on any atom is -0.489 e. The van der Waals surface area contributed by atoms with Gasteiger partial charge in [-0.05, 0) is 36.1 Å². The Balaban J connectivity index is 1.61. The summed E-state index contributed by atoms with van der Waals surface area (Å²) >= 11 is 0. The Labute approximate surface area is 166 Å². The van der Waals surface area contributed by atoms with E-state index in [1.165, 1.54) is 5.56 Å². The van der Waals surface area contributed by atoms with Gasteiger partial charge in [0.05, 0.1) is 12.7 Å². The molecule has 148 valence electrons. The Morgan fingerprint density at radius 3 is 2.43 bits per heavy atom. The van der Waals surface area contributed by atoms with Gasteiger partial charge in [0, 0.05) is 24.9 Å². The number of imidazole rings is 1. The van der Waals surface area contributed by atoms with Crippen LogP contribution in [-0.4, -0.2) is 32.5 Å². The monoisotopic (exact) mass is 380 g/mol. The number of hydrogen-bond donors (Lipinski definition) is 2. The smallest absolute Gasteiger partial charge is 0.119 e. The maximum absolute atomic E-state index is 9.74. The normalized spacial score (nSPS) is 13.2. The maximum atomic E-state index is 9.74. The van der Waals surface area contributed by atoms with E-state index in [0.29, 0.717) is 13.0 Å². The van der Waals surface area contributed by atoms with Crippen LogP contribution in [0.1, 0.15) is 36.3 Å². The second kappa shape index (κ2) is 10.1. The predicted octanol–water partition coefficient (Wildman–Crippen LogP) is 3.55. The summed E-state index contributed by atoms with van der Waals surface area (Å²) in [5.41, 5.74) is 2.37. The van der Waals surface area contributed by atoms with Gasteiger partial charge in [-0.2, -0.15) is 0 Å². The first-order valence-electron chi connectivity index (χ1n) is 9.76. The molecule has 0 amide bonds. The molecule has 0 aliphatic rings. The van der Waals surface area contributed by atoms with Gasteiger partial charge < -0.3 is 19.5 Å². The van der Waals surface area contributed by atoms with Crippen LogP contribution < -0.4 is 4.74 Å². The topological polar surface area (TPSA) is 67.5 Å². The van der Waals surface area contributed by atoms with Gasteiger partial charge in [-0.1, -0.05) is 49.4 Å². The Hall–Kier alpha value is -2.63. The number of ether oxygens (including phenoxy) is 1. The average Bonchev–Trinajstić information content (AvgIpc) is 3.19. The van der Waals surface area contributed by atoms with Crippen molar-refractivity contribution in [3.05, 3.63) is 83.9 Å². The summed E-state index contributed by atoms with van der Waals surface area (Å²) in [6.07, 6.45) is 5.10. The first-order valence-corrected chi connectivity index (χ1v) is 9.76. The van der Waals surface area contributed by atoms with Crippen LogP contribution in [0.5, 0.6) is 5.75 Å². The Bertz CT molecular complexity index is 831. The molecule has 0 bridgehead atoms. The third-order valence-electron chi connectivity index (χ3n) is 4.89. The van der Waals surface area contributed by atoms with Crippen molar-refractivity contribution in [2.75, 3.05) is 6.61 Å². The summed E-state index contributed by atoms with van der Waals surface area (Å²) < 4.78 is 7.97. The molecule has 0 aliphatic heterocycles. The van der Waals surface area contributed by atoms with E-state index < -0.39 is 6.10 Å². The van der Waals surface area contributed by atoms with Crippen molar-refractivity contribution >= 4 is 0 Å². The molecule has 0 fully saturated rings. The van der Waals surface area contributed by atoms with Gasteiger partial charge in [0.1, 0.15) is 18.2 Å². The third kappa shape index (κ3) is 5.44. The zero-order valence-corrected chi connectivity index (χ0v) is 16.2. The molecular formula is C23H28N2O3. The lowest BCUT2D eigenvalue weighted by molar-refractivity contribution is 0.0927. The van der Waals surface area contributed by atoms with Crippen molar-refractivity contribution in [1.82, 2.24) is 9.55 Å². The van der Waals surface area contributed by atoms with Gasteiger partial charge >= 0.3 is 0 Å². The molecule has 1 aromatic heterocycles. The number of nitrogens with zero attached hydrogens (tertiary/aromatic N) is 2. The van der Waals surface area contributed by atoms with E-state index >= 15 is 0 Å². The second-order valence-corrected chi connectivity index (χ2v) is 6.98. The Morgan fingerprint density at radius 1 is 1.00 bits per heavy atom. The predicted molar refractivity (Wildman–Crippen MR) is 109 cm³/mol. The molecule has 0 saturated heterocycles. The number of aromatic nitrogens is 2. The quantitative estimate of drug-likeness (QED) is 0.564. The molecule has 2 aromatic carbocycles. The molecule has 2 unspecified atom stereocenters. The van der Waals surface area contributed by atoms with Crippen molar-refractivity contribution in [2.45, 2.75) is 44.9 Å². The molecule has 0 radical (unpaired) electrons. The van der Waals surface area contributed by atoms with Crippen molar-refractivity contribution in [2.24, 2.45) is 0 Å². The van der Waals surface area contributed by atoms with E-state index in [0.717, 1.165) is 30.0 Å². The van der Waals surface area contributed by atoms with E-state index in [1.54, 1.807) is 6.20 Å². The summed E-state index contributed by atoms with van der Waals surface area (Å²) in [4.78, 5) is 4.35. The first-order chi connectivity index (χ1) is 13.7. The van der Waals surface area contributed by atoms with Crippen LogP contribution >= 0.6 is 0 Å². The van der Waals surface area contributed by atoms with Crippen LogP contribution in [0.15, 0.2) is 67.0 Å². The minimum atomic E-state index is -0.778. The highest BCUT2D eigenvalue weighted by atomic mass is 16.5. The molecule has 5 heteroatoms. The SMILES string of the molecule is CCC(Cc1ccc(OCc2ccccc2)cc1)n1ccnc1CC(O)CO. The molecule has 0 spiro atoms. The van der Waals surface area contributed by atoms with Crippen molar-refractivity contribution < 1.29 is 14.9 Å². The third-order valence-corrected chi connectivity index (χ3v) is 4.89. The molecular weight excluding hydrogens is 352 g/mol. The average molecular weight is 380 g/mol. The molecule has 0 aliphatic carbocycles. The summed E-state index contributed by atoms with van der Waals surface area (Å²) in [6, 6.07) is 18.6. The number of aliphatic hydroxyl groups is 2. The minimum absolute atomic E-state index is 0.250. The molecule has 3 aromatic rings. The van der Waals surface area contributed by atoms with E-state index in [4.69, 9.17) is 9.84 Å². The molecule has 28 heavy (non-hydrogen) atoms. The van der Waals surface area contributed by atoms with Crippen molar-refractivity contribution in [1.29, 1.82) is 0 Å². The van der Waals surface area contributed by atoms with Gasteiger partial charge in [-0.15, -0.1) is 0 Å². The van der Waals surface area contributed by atoms with E-state index in [1.807, 2.05) is 36.5 Å². The number of benzene rings is 2. The molecule has 0 saturated carbocycles. The highest BCUT2D eigenvalue weighted by molar-refractivity contribution is 5.28. The largest absolute Gasteiger partial charge is 0.489 e. The van der Waals surface area contributed by atoms with Gasteiger partial charge in [-0.25, -0.2) is 4.98 Å². The fourth-order valence-electron chi connectivity index (χ4n) is 3.28. The lowest BCUT2D eigenvalue weighted by atomic mass is 10.0. The van der Waals surface area contributed by atoms with Gasteiger partial charge in [0.2, 0.25) is 0 Å². The highest BCUT2D eigenvalue weighted by Crippen LogP contribution is 2.22. The molecule has 5 nitrogen and oxygen atoms in total. The molecule has 2 atom stereocenters. The molecule has 1 heterocycles. The van der Waals surface area contributed by atoms with Crippen molar-refractivity contribution in [3.8, 4) is 5.75 Å². The summed E-state index contributed by atoms with van der Waals surface area (Å²) in [5, 5.41) is 18.8. The van der Waals surface area contributed by atoms with E-state index in [9.17, 15) is 5.11 Å². The summed E-state index contributed by atoms with van der Waals surface area (Å²) in [6.45, 7) is 2.45. The van der Waals surface area contributed by atoms with Crippen LogP contribution in [0.2, 0.25) is 0 Å². The van der Waals surface area contributed by atoms with Crippen LogP contribution in [-0.2, 0) is 19.4 Å². The lowest BCUT2D eigenvalue weighted by Gasteiger charge is -2.20. The highest BCUT2D eigenvalue weighted by Gasteiger charge is 2.16. The number of hydrogen-bond acceptors (Lipinski definition) is 4. The van der Waals surface area contributed by atoms with Crippen molar-refractivity contribution in [3.63, 3.8) is 0 Å². The molecule has 3 rings (SSSR count). The van der Waals surface area contributed by atoms with Crippen LogP contribution in [0.4, 0.5) is 0 Å². The fourth-order valence-corrected chi connectivity index (χ4v) is 3.28. The number of rotatable bonds is 10. The Morgan fingerprint density at radius 2 is 1.75 bits per heavy atom. The van der Waals surface area contributed by atoms with Crippen LogP contribution in [0, 0.1) is 0 Å². The summed E-state index contributed by atoms with van der Waals surface area (Å²) in [5.74, 6) is 1.66. The van der Waals surface area contributed by atoms with Gasteiger partial charge in [-0.3, -0.25) is 0 Å². The van der Waals surface area contributed by atoms with Gasteiger partial charge in [0.15, 0.2) is 0 Å². The van der Waals surface area contributed by atoms with E-state index in [2.05, 4.69) is 40.7 Å².